The smallest absolute Gasteiger partial charge is 0.462 e. The molecule has 0 rings (SSSR count). The molecule has 0 amide bonds. The molecule has 0 aromatic rings. The summed E-state index contributed by atoms with van der Waals surface area (Å²) in [6.07, 6.45) is 50.9. The van der Waals surface area contributed by atoms with Crippen LogP contribution in [-0.2, 0) is 32.7 Å². The second-order valence-electron chi connectivity index (χ2n) is 15.8. The fraction of sp³-hybridized carbons (Fsp3) is 0.667. The molecule has 332 valence electrons. The van der Waals surface area contributed by atoms with Gasteiger partial charge in [0.25, 0.3) is 0 Å². The number of esters is 2. The largest absolute Gasteiger partial charge is 0.472 e. The number of ether oxygens (including phenoxy) is 2. The van der Waals surface area contributed by atoms with Crippen molar-refractivity contribution in [3.8, 4) is 0 Å². The van der Waals surface area contributed by atoms with Gasteiger partial charge in [0.05, 0.1) is 27.7 Å². The number of carbonyl (C=O) groups excluding carboxylic acids is 2. The van der Waals surface area contributed by atoms with E-state index in [9.17, 15) is 19.0 Å². The Kier molecular flexibility index (Phi) is 37.7. The van der Waals surface area contributed by atoms with Crippen LogP contribution in [0.5, 0.6) is 0 Å². The van der Waals surface area contributed by atoms with Crippen molar-refractivity contribution in [1.82, 2.24) is 0 Å². The molecule has 0 aliphatic heterocycles. The maximum atomic E-state index is 12.6. The molecular weight excluding hydrogens is 750 g/mol. The summed E-state index contributed by atoms with van der Waals surface area (Å²) < 4.78 is 34.2. The summed E-state index contributed by atoms with van der Waals surface area (Å²) in [6.45, 7) is 4.07. The normalized spacial score (nSPS) is 14.4. The van der Waals surface area contributed by atoms with Crippen molar-refractivity contribution in [2.24, 2.45) is 0 Å². The second kappa shape index (κ2) is 39.6. The van der Waals surface area contributed by atoms with E-state index in [4.69, 9.17) is 18.5 Å². The Morgan fingerprint density at radius 1 is 0.552 bits per heavy atom. The van der Waals surface area contributed by atoms with Crippen LogP contribution in [0.3, 0.4) is 0 Å². The van der Waals surface area contributed by atoms with Crippen molar-refractivity contribution in [2.45, 2.75) is 161 Å². The van der Waals surface area contributed by atoms with Crippen molar-refractivity contribution in [2.75, 3.05) is 47.5 Å². The highest BCUT2D eigenvalue weighted by Crippen LogP contribution is 2.43. The molecule has 0 radical (unpaired) electrons. The molecule has 0 aromatic heterocycles. The monoisotopic (exact) mass is 833 g/mol. The van der Waals surface area contributed by atoms with E-state index >= 15 is 0 Å². The van der Waals surface area contributed by atoms with Crippen LogP contribution in [-0.4, -0.2) is 74.9 Å². The molecule has 10 heteroatoms. The summed E-state index contributed by atoms with van der Waals surface area (Å²) in [6, 6.07) is 0. The first-order chi connectivity index (χ1) is 28.0. The van der Waals surface area contributed by atoms with Gasteiger partial charge in [-0.15, -0.1) is 0 Å². The number of carbonyl (C=O) groups is 2. The van der Waals surface area contributed by atoms with Crippen LogP contribution in [0.2, 0.25) is 0 Å². The molecular formula is C48H83NO8P+. The molecule has 0 saturated heterocycles. The van der Waals surface area contributed by atoms with Crippen LogP contribution in [0, 0.1) is 0 Å². The quantitative estimate of drug-likeness (QED) is 0.0163. The van der Waals surface area contributed by atoms with Crippen molar-refractivity contribution >= 4 is 19.8 Å². The molecule has 0 aliphatic carbocycles. The highest BCUT2D eigenvalue weighted by Gasteiger charge is 2.27. The van der Waals surface area contributed by atoms with E-state index in [-0.39, 0.29) is 26.1 Å². The van der Waals surface area contributed by atoms with Gasteiger partial charge in [-0.3, -0.25) is 18.6 Å². The predicted molar refractivity (Wildman–Crippen MR) is 242 cm³/mol. The van der Waals surface area contributed by atoms with Crippen LogP contribution in [0.15, 0.2) is 85.1 Å². The first-order valence-corrected chi connectivity index (χ1v) is 23.9. The SMILES string of the molecule is CC/C=C/C=C/C=C/C=C/C=C/CCCC(=O)OC(COC(=O)CCCCCCCCCCCCCCCC/C=C/C/C=C/CC)COP(=O)(O)OCC[N+](C)(C)C. The van der Waals surface area contributed by atoms with Crippen molar-refractivity contribution in [3.63, 3.8) is 0 Å². The molecule has 2 unspecified atom stereocenters. The molecule has 0 aliphatic rings. The zero-order valence-electron chi connectivity index (χ0n) is 37.2. The molecule has 2 atom stereocenters. The van der Waals surface area contributed by atoms with Crippen LogP contribution < -0.4 is 0 Å². The van der Waals surface area contributed by atoms with Gasteiger partial charge in [-0.2, -0.15) is 0 Å². The Balaban J connectivity index is 4.35. The molecule has 58 heavy (non-hydrogen) atoms. The lowest BCUT2D eigenvalue weighted by molar-refractivity contribution is -0.870. The number of nitrogens with zero attached hydrogens (tertiary/aromatic N) is 1. The molecule has 0 saturated carbocycles. The number of phosphoric ester groups is 1. The van der Waals surface area contributed by atoms with Gasteiger partial charge in [0.15, 0.2) is 6.10 Å². The fourth-order valence-corrected chi connectivity index (χ4v) is 6.35. The van der Waals surface area contributed by atoms with E-state index in [0.717, 1.165) is 38.5 Å². The molecule has 0 spiro atoms. The summed E-state index contributed by atoms with van der Waals surface area (Å²) in [7, 11) is 1.42. The lowest BCUT2D eigenvalue weighted by atomic mass is 10.0. The van der Waals surface area contributed by atoms with Crippen LogP contribution in [0.25, 0.3) is 0 Å². The maximum absolute atomic E-state index is 12.6. The maximum Gasteiger partial charge on any atom is 0.472 e. The third-order valence-corrected chi connectivity index (χ3v) is 10.0. The Morgan fingerprint density at radius 2 is 1.03 bits per heavy atom. The molecule has 0 heterocycles. The number of likely N-dealkylation sites (N-methyl/N-ethyl adjacent to an activating group) is 1. The number of unbranched alkanes of at least 4 members (excludes halogenated alkanes) is 15. The van der Waals surface area contributed by atoms with Crippen LogP contribution >= 0.6 is 7.82 Å². The standard InChI is InChI=1S/C48H82NO8P/c1-6-8-10-12-14-16-18-20-21-22-23-24-25-26-27-29-30-32-34-36-38-40-47(50)54-44-46(45-56-58(52,53)55-43-42-49(3,4)5)57-48(51)41-39-37-35-33-31-28-19-17-15-13-11-9-7-2/h8-11,13-17,19,28,31,33,35,46H,6-7,12,18,20-27,29-30,32,34,36-45H2,1-5H3/p+1/b10-8+,11-9+,15-13+,16-14+,19-17+,31-28+,35-33+. The van der Waals surface area contributed by atoms with Gasteiger partial charge < -0.3 is 18.9 Å². The van der Waals surface area contributed by atoms with Gasteiger partial charge in [-0.1, -0.05) is 176 Å². The minimum atomic E-state index is -4.40. The second-order valence-corrected chi connectivity index (χ2v) is 17.2. The zero-order valence-corrected chi connectivity index (χ0v) is 38.1. The first-order valence-electron chi connectivity index (χ1n) is 22.4. The lowest BCUT2D eigenvalue weighted by Crippen LogP contribution is -2.37. The number of allylic oxidation sites excluding steroid dienone is 14. The Labute approximate surface area is 354 Å². The molecule has 1 N–H and O–H groups in total. The number of rotatable bonds is 39. The van der Waals surface area contributed by atoms with Gasteiger partial charge in [0.1, 0.15) is 19.8 Å². The van der Waals surface area contributed by atoms with E-state index in [1.54, 1.807) is 0 Å². The van der Waals surface area contributed by atoms with Gasteiger partial charge >= 0.3 is 19.8 Å². The lowest BCUT2D eigenvalue weighted by Gasteiger charge is -2.24. The minimum absolute atomic E-state index is 0.0142. The third kappa shape index (κ3) is 42.8. The molecule has 0 aromatic carbocycles. The summed E-state index contributed by atoms with van der Waals surface area (Å²) in [5, 5.41) is 0. The summed E-state index contributed by atoms with van der Waals surface area (Å²) in [5.74, 6) is -0.892. The summed E-state index contributed by atoms with van der Waals surface area (Å²) in [5.41, 5.74) is 0. The van der Waals surface area contributed by atoms with Crippen molar-refractivity contribution in [3.05, 3.63) is 85.1 Å². The summed E-state index contributed by atoms with van der Waals surface area (Å²) in [4.78, 5) is 35.3. The molecule has 0 bridgehead atoms. The van der Waals surface area contributed by atoms with Crippen LogP contribution in [0.4, 0.5) is 0 Å². The van der Waals surface area contributed by atoms with Gasteiger partial charge in [0.2, 0.25) is 0 Å². The van der Waals surface area contributed by atoms with E-state index in [1.807, 2.05) is 75.8 Å². The fourth-order valence-electron chi connectivity index (χ4n) is 5.61. The highest BCUT2D eigenvalue weighted by molar-refractivity contribution is 7.47. The molecule has 0 fully saturated rings. The van der Waals surface area contributed by atoms with E-state index in [0.29, 0.717) is 23.9 Å². The van der Waals surface area contributed by atoms with E-state index in [2.05, 4.69) is 44.2 Å². The van der Waals surface area contributed by atoms with Gasteiger partial charge in [0, 0.05) is 12.8 Å². The van der Waals surface area contributed by atoms with Gasteiger partial charge in [-0.05, 0) is 51.4 Å². The van der Waals surface area contributed by atoms with Crippen molar-refractivity contribution in [1.29, 1.82) is 0 Å². The van der Waals surface area contributed by atoms with E-state index in [1.165, 1.54) is 77.0 Å². The molecule has 9 nitrogen and oxygen atoms in total. The Bertz CT molecular complexity index is 1260. The average molecular weight is 833 g/mol. The minimum Gasteiger partial charge on any atom is -0.462 e. The Morgan fingerprint density at radius 3 is 1.60 bits per heavy atom. The summed E-state index contributed by atoms with van der Waals surface area (Å²) >= 11 is 0. The average Bonchev–Trinajstić information content (AvgIpc) is 3.17. The first kappa shape index (κ1) is 55.2. The predicted octanol–water partition coefficient (Wildman–Crippen LogP) is 12.8. The number of quaternary nitrogens is 1. The number of hydrogen-bond acceptors (Lipinski definition) is 7. The topological polar surface area (TPSA) is 108 Å². The van der Waals surface area contributed by atoms with E-state index < -0.39 is 32.5 Å². The van der Waals surface area contributed by atoms with Gasteiger partial charge in [-0.25, -0.2) is 4.57 Å². The van der Waals surface area contributed by atoms with Crippen molar-refractivity contribution < 1.29 is 42.1 Å². The third-order valence-electron chi connectivity index (χ3n) is 9.05. The Hall–Kier alpha value is -2.81. The van der Waals surface area contributed by atoms with Crippen LogP contribution in [0.1, 0.15) is 155 Å². The number of hydrogen-bond donors (Lipinski definition) is 1. The number of phosphoric acid groups is 1. The zero-order chi connectivity index (χ0) is 42.8. The highest BCUT2D eigenvalue weighted by atomic mass is 31.2.